The maximum atomic E-state index is 14.0. The molecule has 0 saturated heterocycles. The lowest BCUT2D eigenvalue weighted by molar-refractivity contribution is 0.331. The van der Waals surface area contributed by atoms with Crippen LogP contribution in [-0.2, 0) is 6.54 Å². The van der Waals surface area contributed by atoms with E-state index in [4.69, 9.17) is 15.9 Å². The number of para-hydroxylation sites is 1. The van der Waals surface area contributed by atoms with Gasteiger partial charge in [0.1, 0.15) is 24.0 Å². The van der Waals surface area contributed by atoms with Crippen molar-refractivity contribution in [2.75, 3.05) is 18.1 Å². The van der Waals surface area contributed by atoms with Crippen LogP contribution < -0.4 is 15.4 Å². The van der Waals surface area contributed by atoms with Gasteiger partial charge in [-0.05, 0) is 18.2 Å². The zero-order chi connectivity index (χ0) is 14.8. The van der Waals surface area contributed by atoms with Crippen LogP contribution in [0.2, 0.25) is 0 Å². The summed E-state index contributed by atoms with van der Waals surface area (Å²) in [5, 5.41) is 7.62. The van der Waals surface area contributed by atoms with E-state index in [1.807, 2.05) is 29.2 Å². The van der Waals surface area contributed by atoms with Gasteiger partial charge in [-0.2, -0.15) is 0 Å². The van der Waals surface area contributed by atoms with Crippen molar-refractivity contribution in [3.05, 3.63) is 59.4 Å². The molecule has 0 aliphatic carbocycles. The summed E-state index contributed by atoms with van der Waals surface area (Å²) in [5.74, 6) is 0.112. The maximum absolute atomic E-state index is 14.0. The molecule has 21 heavy (non-hydrogen) atoms. The maximum Gasteiger partial charge on any atom is 0.136 e. The number of nitrogens with two attached hydrogens (primary N) is 1. The topological polar surface area (TPSA) is 62.3 Å². The second-order valence-corrected chi connectivity index (χ2v) is 4.93. The average Bonchev–Trinajstić information content (AvgIpc) is 2.68. The van der Waals surface area contributed by atoms with Crippen LogP contribution in [0.25, 0.3) is 0 Å². The number of fused-ring (bicyclic) bond motifs is 1. The molecule has 0 saturated carbocycles. The lowest BCUT2D eigenvalue weighted by Crippen LogP contribution is -2.28. The number of hydrogen-bond acceptors (Lipinski definition) is 3. The monoisotopic (exact) mass is 285 g/mol. The van der Waals surface area contributed by atoms with Crippen molar-refractivity contribution in [1.82, 2.24) is 0 Å². The minimum Gasteiger partial charge on any atom is -0.491 e. The predicted molar refractivity (Wildman–Crippen MR) is 80.4 cm³/mol. The van der Waals surface area contributed by atoms with Crippen LogP contribution in [0.15, 0.2) is 42.5 Å². The third-order valence-corrected chi connectivity index (χ3v) is 3.55. The van der Waals surface area contributed by atoms with E-state index in [9.17, 15) is 4.39 Å². The van der Waals surface area contributed by atoms with E-state index in [0.717, 1.165) is 11.3 Å². The molecule has 3 N–H and O–H groups in total. The van der Waals surface area contributed by atoms with E-state index in [2.05, 4.69) is 0 Å². The number of nitrogen functional groups attached to an aromatic ring is 1. The molecule has 0 unspecified atom stereocenters. The molecule has 3 rings (SSSR count). The molecule has 108 valence electrons. The van der Waals surface area contributed by atoms with Gasteiger partial charge < -0.3 is 15.4 Å². The van der Waals surface area contributed by atoms with Crippen molar-refractivity contribution >= 4 is 11.5 Å². The van der Waals surface area contributed by atoms with E-state index < -0.39 is 5.82 Å². The van der Waals surface area contributed by atoms with Gasteiger partial charge in [-0.25, -0.2) is 4.39 Å². The summed E-state index contributed by atoms with van der Waals surface area (Å²) in [4.78, 5) is 1.99. The smallest absolute Gasteiger partial charge is 0.136 e. The summed E-state index contributed by atoms with van der Waals surface area (Å²) in [5.41, 5.74) is 7.35. The van der Waals surface area contributed by atoms with E-state index in [0.29, 0.717) is 25.4 Å². The van der Waals surface area contributed by atoms with Crippen molar-refractivity contribution in [3.8, 4) is 5.75 Å². The van der Waals surface area contributed by atoms with Gasteiger partial charge >= 0.3 is 0 Å². The number of rotatable bonds is 2. The van der Waals surface area contributed by atoms with E-state index in [1.165, 1.54) is 6.07 Å². The van der Waals surface area contributed by atoms with Crippen LogP contribution in [-0.4, -0.2) is 19.0 Å². The number of nitrogens with zero attached hydrogens (tertiary/aromatic N) is 1. The minimum atomic E-state index is -0.474. The van der Waals surface area contributed by atoms with Gasteiger partial charge in [0.25, 0.3) is 0 Å². The number of amidine groups is 1. The van der Waals surface area contributed by atoms with Gasteiger partial charge in [-0.3, -0.25) is 5.41 Å². The molecule has 0 radical (unpaired) electrons. The molecular formula is C16H16FN3O. The van der Waals surface area contributed by atoms with Crippen molar-refractivity contribution in [3.63, 3.8) is 0 Å². The van der Waals surface area contributed by atoms with Crippen LogP contribution in [0.3, 0.4) is 0 Å². The van der Waals surface area contributed by atoms with Crippen LogP contribution in [0.1, 0.15) is 11.1 Å². The molecule has 0 atom stereocenters. The normalized spacial score (nSPS) is 14.0. The fourth-order valence-corrected chi connectivity index (χ4v) is 2.57. The quantitative estimate of drug-likeness (QED) is 0.658. The number of ether oxygens (including phenoxy) is 1. The van der Waals surface area contributed by atoms with Crippen LogP contribution in [0.4, 0.5) is 10.1 Å². The number of nitrogens with one attached hydrogen (secondary N) is 1. The fourth-order valence-electron chi connectivity index (χ4n) is 2.57. The molecule has 0 bridgehead atoms. The van der Waals surface area contributed by atoms with Gasteiger partial charge in [0.15, 0.2) is 0 Å². The summed E-state index contributed by atoms with van der Waals surface area (Å²) in [7, 11) is 0. The van der Waals surface area contributed by atoms with Crippen LogP contribution in [0.5, 0.6) is 5.75 Å². The molecule has 1 heterocycles. The van der Waals surface area contributed by atoms with Crippen LogP contribution >= 0.6 is 0 Å². The van der Waals surface area contributed by atoms with Crippen molar-refractivity contribution < 1.29 is 9.13 Å². The number of anilines is 1. The predicted octanol–water partition coefficient (Wildman–Crippen LogP) is 2.51. The Morgan fingerprint density at radius 2 is 2.00 bits per heavy atom. The van der Waals surface area contributed by atoms with Crippen LogP contribution in [0, 0.1) is 11.2 Å². The Morgan fingerprint density at radius 1 is 1.19 bits per heavy atom. The van der Waals surface area contributed by atoms with E-state index >= 15 is 0 Å². The molecule has 0 amide bonds. The van der Waals surface area contributed by atoms with Gasteiger partial charge in [0, 0.05) is 12.1 Å². The first-order valence-electron chi connectivity index (χ1n) is 6.75. The highest BCUT2D eigenvalue weighted by molar-refractivity contribution is 6.00. The molecule has 5 heteroatoms. The van der Waals surface area contributed by atoms with Gasteiger partial charge in [-0.1, -0.05) is 24.3 Å². The molecule has 0 fully saturated rings. The first-order chi connectivity index (χ1) is 10.2. The second-order valence-electron chi connectivity index (χ2n) is 4.93. The fraction of sp³-hybridized carbons (Fsp3) is 0.188. The molecule has 2 aromatic carbocycles. The van der Waals surface area contributed by atoms with Crippen molar-refractivity contribution in [2.24, 2.45) is 5.73 Å². The third kappa shape index (κ3) is 2.54. The van der Waals surface area contributed by atoms with Gasteiger partial charge in [0.2, 0.25) is 0 Å². The van der Waals surface area contributed by atoms with Gasteiger partial charge in [-0.15, -0.1) is 0 Å². The first-order valence-corrected chi connectivity index (χ1v) is 6.75. The summed E-state index contributed by atoms with van der Waals surface area (Å²) >= 11 is 0. The number of benzene rings is 2. The highest BCUT2D eigenvalue weighted by Gasteiger charge is 2.20. The molecule has 1 aliphatic heterocycles. The Kier molecular flexibility index (Phi) is 3.48. The zero-order valence-corrected chi connectivity index (χ0v) is 11.5. The largest absolute Gasteiger partial charge is 0.491 e. The molecular weight excluding hydrogens is 269 g/mol. The van der Waals surface area contributed by atoms with Gasteiger partial charge in [0.05, 0.1) is 17.8 Å². The Bertz CT molecular complexity index is 687. The Labute approximate surface area is 122 Å². The lowest BCUT2D eigenvalue weighted by Gasteiger charge is -2.24. The number of hydrogen-bond donors (Lipinski definition) is 2. The minimum absolute atomic E-state index is 0.150. The Balaban J connectivity index is 2.02. The second kappa shape index (κ2) is 5.44. The number of halogens is 1. The van der Waals surface area contributed by atoms with Crippen molar-refractivity contribution in [2.45, 2.75) is 6.54 Å². The van der Waals surface area contributed by atoms with Crippen molar-refractivity contribution in [1.29, 1.82) is 5.41 Å². The van der Waals surface area contributed by atoms with E-state index in [1.54, 1.807) is 12.1 Å². The molecule has 1 aliphatic rings. The molecule has 0 spiro atoms. The summed E-state index contributed by atoms with van der Waals surface area (Å²) in [6.45, 7) is 1.71. The summed E-state index contributed by atoms with van der Waals surface area (Å²) in [6.07, 6.45) is 0. The molecule has 0 aromatic heterocycles. The Hall–Kier alpha value is -2.56. The summed E-state index contributed by atoms with van der Waals surface area (Å²) < 4.78 is 19.7. The highest BCUT2D eigenvalue weighted by Crippen LogP contribution is 2.29. The molecule has 4 nitrogen and oxygen atoms in total. The summed E-state index contributed by atoms with van der Waals surface area (Å²) in [6, 6.07) is 12.5. The average molecular weight is 285 g/mol. The Morgan fingerprint density at radius 3 is 2.81 bits per heavy atom. The standard InChI is InChI=1S/C16H16FN3O/c17-12-5-3-6-13(15(12)16(18)19)20-8-9-21-14-7-2-1-4-11(14)10-20/h1-7H,8-10H2,(H3,18,19). The molecule has 2 aromatic rings. The van der Waals surface area contributed by atoms with E-state index in [-0.39, 0.29) is 11.4 Å². The highest BCUT2D eigenvalue weighted by atomic mass is 19.1. The lowest BCUT2D eigenvalue weighted by atomic mass is 10.1. The SMILES string of the molecule is N=C(N)c1c(F)cccc1N1CCOc2ccccc2C1. The third-order valence-electron chi connectivity index (χ3n) is 3.55. The zero-order valence-electron chi connectivity index (χ0n) is 11.5. The first kappa shape index (κ1) is 13.4.